The predicted octanol–water partition coefficient (Wildman–Crippen LogP) is 2.57. The highest BCUT2D eigenvalue weighted by atomic mass is 32.2. The number of thiophene rings is 1. The topological polar surface area (TPSA) is 93.5 Å². The van der Waals surface area contributed by atoms with Crippen LogP contribution in [0.2, 0.25) is 0 Å². The first kappa shape index (κ1) is 20.7. The van der Waals surface area contributed by atoms with E-state index in [1.54, 1.807) is 11.6 Å². The van der Waals surface area contributed by atoms with Crippen LogP contribution in [0.5, 0.6) is 0 Å². The molecule has 2 aromatic heterocycles. The van der Waals surface area contributed by atoms with Crippen molar-refractivity contribution >= 4 is 33.0 Å². The number of carbonyl (C=O) groups is 1. The molecule has 1 aromatic carbocycles. The largest absolute Gasteiger partial charge is 0.379 e. The number of amides is 1. The lowest BCUT2D eigenvalue weighted by molar-refractivity contribution is 0.0730. The number of imidazole rings is 1. The highest BCUT2D eigenvalue weighted by molar-refractivity contribution is 7.89. The van der Waals surface area contributed by atoms with Gasteiger partial charge in [-0.2, -0.15) is 4.31 Å². The molecule has 1 saturated heterocycles. The van der Waals surface area contributed by atoms with Crippen LogP contribution in [0.15, 0.2) is 53.0 Å². The van der Waals surface area contributed by atoms with Crippen LogP contribution in [0, 0.1) is 6.92 Å². The fraction of sp³-hybridized carbons (Fsp3) is 0.300. The Labute approximate surface area is 179 Å². The van der Waals surface area contributed by atoms with Gasteiger partial charge in [-0.1, -0.05) is 12.1 Å². The molecule has 1 N–H and O–H groups in total. The molecule has 8 nitrogen and oxygen atoms in total. The third-order valence-corrected chi connectivity index (χ3v) is 7.89. The minimum Gasteiger partial charge on any atom is -0.379 e. The zero-order valence-electron chi connectivity index (χ0n) is 16.4. The van der Waals surface area contributed by atoms with E-state index < -0.39 is 15.9 Å². The number of ether oxygens (including phenoxy) is 1. The number of aryl methyl sites for hydroxylation is 1. The van der Waals surface area contributed by atoms with E-state index in [0.29, 0.717) is 25.4 Å². The van der Waals surface area contributed by atoms with Crippen LogP contribution in [-0.2, 0) is 21.3 Å². The van der Waals surface area contributed by atoms with Crippen molar-refractivity contribution in [3.8, 4) is 0 Å². The maximum Gasteiger partial charge on any atom is 0.267 e. The molecule has 1 aliphatic heterocycles. The lowest BCUT2D eigenvalue weighted by Gasteiger charge is -2.26. The van der Waals surface area contributed by atoms with Crippen LogP contribution < -0.4 is 5.32 Å². The number of sulfonamides is 1. The van der Waals surface area contributed by atoms with Gasteiger partial charge in [0.05, 0.1) is 13.2 Å². The molecular weight excluding hydrogens is 424 g/mol. The van der Waals surface area contributed by atoms with Crippen molar-refractivity contribution in [1.82, 2.24) is 13.9 Å². The Morgan fingerprint density at radius 3 is 2.60 bits per heavy atom. The maximum absolute atomic E-state index is 12.9. The number of aromatic nitrogens is 2. The molecule has 1 aliphatic rings. The lowest BCUT2D eigenvalue weighted by Crippen LogP contribution is -2.41. The van der Waals surface area contributed by atoms with Gasteiger partial charge in [0.2, 0.25) is 10.0 Å². The molecule has 0 radical (unpaired) electrons. The van der Waals surface area contributed by atoms with Gasteiger partial charge in [-0.3, -0.25) is 4.79 Å². The molecule has 0 saturated carbocycles. The van der Waals surface area contributed by atoms with Crippen LogP contribution in [-0.4, -0.2) is 54.5 Å². The monoisotopic (exact) mass is 446 g/mol. The smallest absolute Gasteiger partial charge is 0.267 e. The van der Waals surface area contributed by atoms with E-state index in [4.69, 9.17) is 4.74 Å². The normalized spacial score (nSPS) is 15.2. The maximum atomic E-state index is 12.9. The van der Waals surface area contributed by atoms with Crippen LogP contribution in [0.1, 0.15) is 21.1 Å². The molecular formula is C20H22N4O4S2. The molecule has 4 rings (SSSR count). The van der Waals surface area contributed by atoms with Crippen molar-refractivity contribution in [2.75, 3.05) is 31.6 Å². The van der Waals surface area contributed by atoms with Crippen molar-refractivity contribution in [1.29, 1.82) is 0 Å². The number of rotatable bonds is 6. The minimum absolute atomic E-state index is 0.0408. The van der Waals surface area contributed by atoms with E-state index >= 15 is 0 Å². The van der Waals surface area contributed by atoms with E-state index in [-0.39, 0.29) is 22.9 Å². The van der Waals surface area contributed by atoms with Crippen molar-refractivity contribution in [3.05, 3.63) is 64.4 Å². The van der Waals surface area contributed by atoms with Gasteiger partial charge in [0.15, 0.2) is 0 Å². The predicted molar refractivity (Wildman–Crippen MR) is 114 cm³/mol. The molecule has 3 aromatic rings. The number of morpholine rings is 1. The molecule has 0 atom stereocenters. The number of hydrogen-bond donors (Lipinski definition) is 1. The Bertz CT molecular complexity index is 1130. The number of hydrogen-bond acceptors (Lipinski definition) is 6. The van der Waals surface area contributed by atoms with E-state index in [2.05, 4.69) is 10.3 Å². The number of nitrogens with zero attached hydrogens (tertiary/aromatic N) is 3. The second-order valence-electron chi connectivity index (χ2n) is 6.88. The van der Waals surface area contributed by atoms with Crippen LogP contribution in [0.25, 0.3) is 0 Å². The van der Waals surface area contributed by atoms with Crippen molar-refractivity contribution in [2.24, 2.45) is 0 Å². The lowest BCUT2D eigenvalue weighted by atomic mass is 10.2. The Balaban J connectivity index is 1.47. The Morgan fingerprint density at radius 1 is 1.20 bits per heavy atom. The fourth-order valence-corrected chi connectivity index (χ4v) is 5.94. The molecule has 10 heteroatoms. The van der Waals surface area contributed by atoms with E-state index in [1.807, 2.05) is 42.0 Å². The molecule has 158 valence electrons. The first-order valence-corrected chi connectivity index (χ1v) is 11.8. The van der Waals surface area contributed by atoms with E-state index in [1.165, 1.54) is 10.4 Å². The molecule has 0 unspecified atom stereocenters. The second kappa shape index (κ2) is 8.68. The summed E-state index contributed by atoms with van der Waals surface area (Å²) in [6.45, 7) is 3.92. The van der Waals surface area contributed by atoms with Gasteiger partial charge >= 0.3 is 0 Å². The van der Waals surface area contributed by atoms with Gasteiger partial charge in [0.1, 0.15) is 15.6 Å². The van der Waals surface area contributed by atoms with E-state index in [9.17, 15) is 13.2 Å². The fourth-order valence-electron chi connectivity index (χ4n) is 3.24. The van der Waals surface area contributed by atoms with Gasteiger partial charge in [-0.25, -0.2) is 13.4 Å². The minimum atomic E-state index is -3.73. The molecule has 30 heavy (non-hydrogen) atoms. The summed E-state index contributed by atoms with van der Waals surface area (Å²) in [4.78, 5) is 17.2. The number of carbonyl (C=O) groups excluding carboxylic acids is 1. The molecule has 0 bridgehead atoms. The summed E-state index contributed by atoms with van der Waals surface area (Å²) >= 11 is 1.12. The first-order valence-electron chi connectivity index (χ1n) is 9.48. The molecule has 1 amide bonds. The van der Waals surface area contributed by atoms with Gasteiger partial charge in [-0.15, -0.1) is 11.3 Å². The highest BCUT2D eigenvalue weighted by Gasteiger charge is 2.31. The van der Waals surface area contributed by atoms with Gasteiger partial charge < -0.3 is 14.6 Å². The highest BCUT2D eigenvalue weighted by Crippen LogP contribution is 2.27. The SMILES string of the molecule is Cc1nccn1Cc1ccc(NC(=O)c2sccc2S(=O)(=O)N2CCOCC2)cc1. The molecule has 1 fully saturated rings. The van der Waals surface area contributed by atoms with Crippen molar-refractivity contribution in [3.63, 3.8) is 0 Å². The summed E-state index contributed by atoms with van der Waals surface area (Å²) in [6.07, 6.45) is 3.67. The summed E-state index contributed by atoms with van der Waals surface area (Å²) in [5.74, 6) is 0.495. The van der Waals surface area contributed by atoms with Crippen LogP contribution in [0.3, 0.4) is 0 Å². The first-order chi connectivity index (χ1) is 14.4. The Morgan fingerprint density at radius 2 is 1.93 bits per heavy atom. The summed E-state index contributed by atoms with van der Waals surface area (Å²) in [5, 5.41) is 4.43. The summed E-state index contributed by atoms with van der Waals surface area (Å²) in [7, 11) is -3.73. The summed E-state index contributed by atoms with van der Waals surface area (Å²) in [5.41, 5.74) is 1.68. The third kappa shape index (κ3) is 4.31. The Hall–Kier alpha value is -2.53. The molecule has 0 spiro atoms. The van der Waals surface area contributed by atoms with Gasteiger partial charge in [0, 0.05) is 37.7 Å². The third-order valence-electron chi connectivity index (χ3n) is 4.91. The standard InChI is InChI=1S/C20H22N4O4S2/c1-15-21-7-8-23(15)14-16-2-4-17(5-3-16)22-20(25)19-18(6-13-29-19)30(26,27)24-9-11-28-12-10-24/h2-8,13H,9-12,14H2,1H3,(H,22,25). The number of nitrogens with one attached hydrogen (secondary N) is 1. The average molecular weight is 447 g/mol. The second-order valence-corrected chi connectivity index (χ2v) is 9.71. The molecule has 0 aliphatic carbocycles. The zero-order valence-corrected chi connectivity index (χ0v) is 18.1. The van der Waals surface area contributed by atoms with E-state index in [0.717, 1.165) is 22.7 Å². The van der Waals surface area contributed by atoms with Crippen LogP contribution in [0.4, 0.5) is 5.69 Å². The van der Waals surface area contributed by atoms with Crippen molar-refractivity contribution < 1.29 is 17.9 Å². The average Bonchev–Trinajstić information content (AvgIpc) is 3.40. The van der Waals surface area contributed by atoms with Crippen LogP contribution >= 0.6 is 11.3 Å². The quantitative estimate of drug-likeness (QED) is 0.628. The van der Waals surface area contributed by atoms with Crippen molar-refractivity contribution in [2.45, 2.75) is 18.4 Å². The Kier molecular flexibility index (Phi) is 6.00. The zero-order chi connectivity index (χ0) is 21.1. The summed E-state index contributed by atoms with van der Waals surface area (Å²) in [6, 6.07) is 8.96. The number of benzene rings is 1. The summed E-state index contributed by atoms with van der Waals surface area (Å²) < 4.78 is 34.5. The number of anilines is 1. The van der Waals surface area contributed by atoms with Gasteiger partial charge in [0.25, 0.3) is 5.91 Å². The van der Waals surface area contributed by atoms with Gasteiger partial charge in [-0.05, 0) is 36.1 Å². The molecule has 3 heterocycles.